The van der Waals surface area contributed by atoms with Crippen LogP contribution in [0.2, 0.25) is 0 Å². The summed E-state index contributed by atoms with van der Waals surface area (Å²) in [4.78, 5) is 12.8. The Bertz CT molecular complexity index is 795. The first-order chi connectivity index (χ1) is 12.5. The van der Waals surface area contributed by atoms with Crippen LogP contribution in [0.3, 0.4) is 0 Å². The molecule has 0 aliphatic carbocycles. The fourth-order valence-corrected chi connectivity index (χ4v) is 3.18. The molecule has 0 fully saturated rings. The molecule has 1 aromatic rings. The van der Waals surface area contributed by atoms with Crippen LogP contribution in [0.15, 0.2) is 34.8 Å². The summed E-state index contributed by atoms with van der Waals surface area (Å²) in [5.74, 6) is 6.22. The Balaban J connectivity index is 2.56. The number of furan rings is 1. The Labute approximate surface area is 162 Å². The van der Waals surface area contributed by atoms with Crippen LogP contribution in [-0.4, -0.2) is 22.8 Å². The molecule has 4 heteroatoms. The lowest BCUT2D eigenvalue weighted by molar-refractivity contribution is 0.00670. The molecule has 146 valence electrons. The number of esters is 1. The van der Waals surface area contributed by atoms with Crippen LogP contribution < -0.4 is 0 Å². The predicted octanol–water partition coefficient (Wildman–Crippen LogP) is 4.79. The number of allylic oxidation sites excluding steroid dienone is 1. The second-order valence-electron chi connectivity index (χ2n) is 8.36. The summed E-state index contributed by atoms with van der Waals surface area (Å²) in [5.41, 5.74) is 1.53. The van der Waals surface area contributed by atoms with E-state index >= 15 is 0 Å². The van der Waals surface area contributed by atoms with Crippen molar-refractivity contribution in [1.29, 1.82) is 0 Å². The van der Waals surface area contributed by atoms with Crippen molar-refractivity contribution in [3.05, 3.63) is 47.5 Å². The van der Waals surface area contributed by atoms with Crippen molar-refractivity contribution >= 4 is 5.97 Å². The third-order valence-corrected chi connectivity index (χ3v) is 4.60. The Kier molecular flexibility index (Phi) is 6.38. The van der Waals surface area contributed by atoms with Crippen molar-refractivity contribution in [1.82, 2.24) is 0 Å². The fourth-order valence-electron chi connectivity index (χ4n) is 3.18. The van der Waals surface area contributed by atoms with Crippen LogP contribution in [-0.2, 0) is 11.2 Å². The molecule has 2 bridgehead atoms. The predicted molar refractivity (Wildman–Crippen MR) is 106 cm³/mol. The number of ether oxygens (including phenoxy) is 1. The van der Waals surface area contributed by atoms with E-state index in [0.29, 0.717) is 29.9 Å². The zero-order valence-electron chi connectivity index (χ0n) is 17.0. The highest BCUT2D eigenvalue weighted by atomic mass is 16.6. The van der Waals surface area contributed by atoms with Crippen LogP contribution in [0.1, 0.15) is 75.3 Å². The molecule has 0 saturated heterocycles. The van der Waals surface area contributed by atoms with E-state index in [-0.39, 0.29) is 5.92 Å². The number of carbonyl (C=O) groups excluding carboxylic acids is 1. The number of carbonyl (C=O) groups is 1. The standard InChI is InChI=1S/C23H30O4/c1-14(2)16-10-8-9-11-18(24)21(15(3)4)20-13-17(19(12-16)26-20)22(25)27-23(5,6)7/h13,16,18,21,24H,1,3,8,10,12H2,2,4-7H3/t16-,18+,21+/m1/s1. The summed E-state index contributed by atoms with van der Waals surface area (Å²) in [6.45, 7) is 17.3. The average molecular weight is 370 g/mol. The first-order valence-corrected chi connectivity index (χ1v) is 9.32. The van der Waals surface area contributed by atoms with E-state index in [1.54, 1.807) is 6.07 Å². The number of hydrogen-bond acceptors (Lipinski definition) is 4. The van der Waals surface area contributed by atoms with Crippen molar-refractivity contribution < 1.29 is 19.1 Å². The van der Waals surface area contributed by atoms with E-state index in [0.717, 1.165) is 17.6 Å². The number of fused-ring (bicyclic) bond motifs is 2. The lowest BCUT2D eigenvalue weighted by Crippen LogP contribution is -2.24. The molecular formula is C23H30O4. The van der Waals surface area contributed by atoms with Gasteiger partial charge < -0.3 is 14.3 Å². The maximum Gasteiger partial charge on any atom is 0.342 e. The highest BCUT2D eigenvalue weighted by molar-refractivity contribution is 5.91. The van der Waals surface area contributed by atoms with Gasteiger partial charge in [-0.25, -0.2) is 4.79 Å². The van der Waals surface area contributed by atoms with E-state index in [9.17, 15) is 9.90 Å². The van der Waals surface area contributed by atoms with Gasteiger partial charge in [0.05, 0.1) is 5.92 Å². The number of aliphatic hydroxyl groups excluding tert-OH is 1. The number of rotatable bonds is 3. The van der Waals surface area contributed by atoms with Gasteiger partial charge in [0.25, 0.3) is 0 Å². The summed E-state index contributed by atoms with van der Waals surface area (Å²) in [6.07, 6.45) is 1.04. The molecule has 4 nitrogen and oxygen atoms in total. The van der Waals surface area contributed by atoms with E-state index in [1.807, 2.05) is 34.6 Å². The maximum absolute atomic E-state index is 12.8. The Morgan fingerprint density at radius 1 is 1.30 bits per heavy atom. The van der Waals surface area contributed by atoms with E-state index in [4.69, 9.17) is 9.15 Å². The second-order valence-corrected chi connectivity index (χ2v) is 8.36. The quantitative estimate of drug-likeness (QED) is 0.472. The van der Waals surface area contributed by atoms with Crippen molar-refractivity contribution in [3.63, 3.8) is 0 Å². The molecule has 0 spiro atoms. The summed E-state index contributed by atoms with van der Waals surface area (Å²) in [6, 6.07) is 1.67. The lowest BCUT2D eigenvalue weighted by Gasteiger charge is -2.20. The average Bonchev–Trinajstić information content (AvgIpc) is 2.89. The minimum Gasteiger partial charge on any atom is -0.464 e. The van der Waals surface area contributed by atoms with Gasteiger partial charge >= 0.3 is 5.97 Å². The molecule has 1 aliphatic rings. The van der Waals surface area contributed by atoms with Gasteiger partial charge in [-0.1, -0.05) is 30.2 Å². The van der Waals surface area contributed by atoms with Crippen LogP contribution in [0.5, 0.6) is 0 Å². The Morgan fingerprint density at radius 2 is 1.96 bits per heavy atom. The van der Waals surface area contributed by atoms with E-state index in [2.05, 4.69) is 25.0 Å². The Morgan fingerprint density at radius 3 is 2.52 bits per heavy atom. The lowest BCUT2D eigenvalue weighted by atomic mass is 9.89. The van der Waals surface area contributed by atoms with Gasteiger partial charge in [0.2, 0.25) is 0 Å². The maximum atomic E-state index is 12.8. The minimum atomic E-state index is -0.936. The molecule has 2 heterocycles. The summed E-state index contributed by atoms with van der Waals surface area (Å²) in [7, 11) is 0. The molecule has 0 unspecified atom stereocenters. The van der Waals surface area contributed by atoms with Gasteiger partial charge in [-0.05, 0) is 53.0 Å². The third kappa shape index (κ3) is 5.37. The van der Waals surface area contributed by atoms with Crippen LogP contribution in [0, 0.1) is 17.8 Å². The van der Waals surface area contributed by atoms with Crippen LogP contribution in [0.25, 0.3) is 0 Å². The molecule has 1 aliphatic heterocycles. The van der Waals surface area contributed by atoms with Gasteiger partial charge in [0.15, 0.2) is 0 Å². The van der Waals surface area contributed by atoms with Crippen LogP contribution in [0.4, 0.5) is 0 Å². The molecule has 0 saturated carbocycles. The zero-order chi connectivity index (χ0) is 20.4. The molecule has 1 N–H and O–H groups in total. The zero-order valence-corrected chi connectivity index (χ0v) is 17.0. The summed E-state index contributed by atoms with van der Waals surface area (Å²) < 4.78 is 11.6. The Hall–Kier alpha value is -2.25. The van der Waals surface area contributed by atoms with Gasteiger partial charge in [-0.3, -0.25) is 0 Å². The van der Waals surface area contributed by atoms with Gasteiger partial charge in [-0.2, -0.15) is 0 Å². The normalized spacial score (nSPS) is 22.8. The molecule has 0 radical (unpaired) electrons. The fraction of sp³-hybridized carbons (Fsp3) is 0.522. The number of hydrogen-bond donors (Lipinski definition) is 1. The van der Waals surface area contributed by atoms with Crippen molar-refractivity contribution in [3.8, 4) is 11.8 Å². The van der Waals surface area contributed by atoms with Crippen LogP contribution >= 0.6 is 0 Å². The highest BCUT2D eigenvalue weighted by Crippen LogP contribution is 2.34. The van der Waals surface area contributed by atoms with Crippen molar-refractivity contribution in [2.75, 3.05) is 0 Å². The molecule has 0 aromatic carbocycles. The van der Waals surface area contributed by atoms with Gasteiger partial charge in [0.1, 0.15) is 28.8 Å². The molecule has 27 heavy (non-hydrogen) atoms. The van der Waals surface area contributed by atoms with Gasteiger partial charge in [-0.15, -0.1) is 5.92 Å². The number of aliphatic hydroxyl groups is 1. The smallest absolute Gasteiger partial charge is 0.342 e. The monoisotopic (exact) mass is 370 g/mol. The summed E-state index contributed by atoms with van der Waals surface area (Å²) >= 11 is 0. The largest absolute Gasteiger partial charge is 0.464 e. The van der Waals surface area contributed by atoms with E-state index < -0.39 is 23.6 Å². The molecular weight excluding hydrogens is 340 g/mol. The highest BCUT2D eigenvalue weighted by Gasteiger charge is 2.31. The van der Waals surface area contributed by atoms with E-state index in [1.165, 1.54) is 0 Å². The molecule has 3 atom stereocenters. The topological polar surface area (TPSA) is 59.7 Å². The second kappa shape index (κ2) is 8.19. The SMILES string of the molecule is C=C(C)[C@@H]1CCC#C[C@H](O)[C@H](C(=C)C)c2cc(C(=O)OC(C)(C)C)c(o2)C1. The van der Waals surface area contributed by atoms with Crippen molar-refractivity contribution in [2.45, 2.75) is 71.5 Å². The van der Waals surface area contributed by atoms with Gasteiger partial charge in [0, 0.05) is 12.8 Å². The summed E-state index contributed by atoms with van der Waals surface area (Å²) in [5, 5.41) is 10.6. The van der Waals surface area contributed by atoms with Crippen molar-refractivity contribution in [2.24, 2.45) is 5.92 Å². The molecule has 2 rings (SSSR count). The molecule has 1 aromatic heterocycles. The molecule has 0 amide bonds. The first-order valence-electron chi connectivity index (χ1n) is 9.32. The third-order valence-electron chi connectivity index (χ3n) is 4.60. The first kappa shape index (κ1) is 21.1. The minimum absolute atomic E-state index is 0.137.